The van der Waals surface area contributed by atoms with Crippen molar-refractivity contribution in [2.24, 2.45) is 20.5 Å². The predicted octanol–water partition coefficient (Wildman–Crippen LogP) is 10.6. The summed E-state index contributed by atoms with van der Waals surface area (Å²) in [6, 6.07) is 38.4. The predicted molar refractivity (Wildman–Crippen MR) is 163 cm³/mol. The van der Waals surface area contributed by atoms with Crippen LogP contribution in [0.15, 0.2) is 142 Å². The maximum atomic E-state index is 5.62. The second kappa shape index (κ2) is 16.8. The summed E-state index contributed by atoms with van der Waals surface area (Å²) in [5, 5.41) is 19.0. The van der Waals surface area contributed by atoms with E-state index in [9.17, 15) is 0 Å². The highest BCUT2D eigenvalue weighted by atomic mass is 15.1. The van der Waals surface area contributed by atoms with Gasteiger partial charge in [-0.15, -0.1) is 0 Å². The Morgan fingerprint density at radius 3 is 1.24 bits per heavy atom. The molecule has 5 rings (SSSR count). The Kier molecular flexibility index (Phi) is 13.0. The molecule has 38 heavy (non-hydrogen) atoms. The molecule has 0 atom stereocenters. The molecule has 0 spiro atoms. The quantitative estimate of drug-likeness (QED) is 0.188. The van der Waals surface area contributed by atoms with E-state index in [0.29, 0.717) is 0 Å². The van der Waals surface area contributed by atoms with Crippen LogP contribution in [0.4, 0.5) is 34.1 Å². The third-order valence-corrected chi connectivity index (χ3v) is 4.84. The average Bonchev–Trinajstić information content (AvgIpc) is 2.99. The molecular weight excluding hydrogens is 468 g/mol. The van der Waals surface area contributed by atoms with Gasteiger partial charge in [-0.25, -0.2) is 0 Å². The van der Waals surface area contributed by atoms with Gasteiger partial charge in [0, 0.05) is 11.4 Å². The molecule has 194 valence electrons. The van der Waals surface area contributed by atoms with Crippen LogP contribution in [0.5, 0.6) is 0 Å². The molecule has 0 unspecified atom stereocenters. The normalized spacial score (nSPS) is 10.1. The summed E-state index contributed by atoms with van der Waals surface area (Å²) in [7, 11) is 0. The topological polar surface area (TPSA) is 101 Å². The number of rotatable bonds is 4. The first-order chi connectivity index (χ1) is 18.7. The van der Waals surface area contributed by atoms with Crippen LogP contribution in [0.2, 0.25) is 0 Å². The zero-order valence-electron chi connectivity index (χ0n) is 22.5. The van der Waals surface area contributed by atoms with Crippen LogP contribution in [0.25, 0.3) is 10.8 Å². The first kappa shape index (κ1) is 29.4. The van der Waals surface area contributed by atoms with E-state index in [1.54, 1.807) is 12.1 Å². The van der Waals surface area contributed by atoms with Crippen LogP contribution < -0.4 is 11.5 Å². The third kappa shape index (κ3) is 10.0. The number of hydrogen-bond donors (Lipinski definition) is 2. The van der Waals surface area contributed by atoms with Gasteiger partial charge < -0.3 is 11.5 Å². The van der Waals surface area contributed by atoms with Crippen molar-refractivity contribution >= 4 is 44.9 Å². The number of nitrogen functional groups attached to an aromatic ring is 2. The third-order valence-electron chi connectivity index (χ3n) is 4.84. The zero-order chi connectivity index (χ0) is 27.6. The SMILES string of the molecule is CC.CC.Nc1ccc(N=Nc2ccc3ccccc3c2)cc1.Nc1ccc(N=Nc2ccccc2)cc1. The minimum absolute atomic E-state index is 0.727. The fraction of sp³-hybridized carbons (Fsp3) is 0.125. The minimum Gasteiger partial charge on any atom is -0.399 e. The van der Waals surface area contributed by atoms with E-state index in [4.69, 9.17) is 11.5 Å². The van der Waals surface area contributed by atoms with Gasteiger partial charge in [-0.2, -0.15) is 20.5 Å². The number of nitrogens with two attached hydrogens (primary N) is 2. The van der Waals surface area contributed by atoms with Gasteiger partial charge in [-0.1, -0.05) is 76.2 Å². The summed E-state index contributed by atoms with van der Waals surface area (Å²) in [4.78, 5) is 0. The summed E-state index contributed by atoms with van der Waals surface area (Å²) in [6.45, 7) is 8.00. The molecular formula is C32H36N6. The summed E-state index contributed by atoms with van der Waals surface area (Å²) in [6.07, 6.45) is 0. The van der Waals surface area contributed by atoms with Crippen LogP contribution in [-0.2, 0) is 0 Å². The highest BCUT2D eigenvalue weighted by molar-refractivity contribution is 5.85. The van der Waals surface area contributed by atoms with Crippen molar-refractivity contribution in [3.8, 4) is 0 Å². The molecule has 0 radical (unpaired) electrons. The number of fused-ring (bicyclic) bond motifs is 1. The number of anilines is 2. The summed E-state index contributed by atoms with van der Waals surface area (Å²) in [5.41, 5.74) is 15.9. The molecule has 6 heteroatoms. The van der Waals surface area contributed by atoms with Gasteiger partial charge in [0.2, 0.25) is 0 Å². The Morgan fingerprint density at radius 2 is 0.737 bits per heavy atom. The number of benzene rings is 5. The van der Waals surface area contributed by atoms with E-state index in [1.165, 1.54) is 5.39 Å². The summed E-state index contributed by atoms with van der Waals surface area (Å²) in [5.74, 6) is 0. The van der Waals surface area contributed by atoms with E-state index < -0.39 is 0 Å². The van der Waals surface area contributed by atoms with E-state index >= 15 is 0 Å². The van der Waals surface area contributed by atoms with Crippen LogP contribution in [0.1, 0.15) is 27.7 Å². The van der Waals surface area contributed by atoms with Crippen molar-refractivity contribution in [2.45, 2.75) is 27.7 Å². The Bertz CT molecular complexity index is 1390. The lowest BCUT2D eigenvalue weighted by Crippen LogP contribution is -1.80. The van der Waals surface area contributed by atoms with Crippen molar-refractivity contribution < 1.29 is 0 Å². The van der Waals surface area contributed by atoms with Crippen molar-refractivity contribution in [3.63, 3.8) is 0 Å². The Hall–Kier alpha value is -4.84. The molecule has 4 N–H and O–H groups in total. The molecule has 0 fully saturated rings. The molecule has 0 saturated carbocycles. The monoisotopic (exact) mass is 504 g/mol. The highest BCUT2D eigenvalue weighted by Gasteiger charge is 1.95. The Balaban J connectivity index is 0.000000241. The molecule has 0 heterocycles. The summed E-state index contributed by atoms with van der Waals surface area (Å²) >= 11 is 0. The van der Waals surface area contributed by atoms with E-state index in [0.717, 1.165) is 39.5 Å². The molecule has 6 nitrogen and oxygen atoms in total. The molecule has 0 aliphatic heterocycles. The molecule has 0 aliphatic rings. The summed E-state index contributed by atoms with van der Waals surface area (Å²) < 4.78 is 0. The van der Waals surface area contributed by atoms with Gasteiger partial charge in [-0.05, 0) is 83.6 Å². The first-order valence-corrected chi connectivity index (χ1v) is 12.7. The molecule has 0 bridgehead atoms. The molecule has 5 aromatic carbocycles. The fourth-order valence-corrected chi connectivity index (χ4v) is 3.05. The largest absolute Gasteiger partial charge is 0.399 e. The highest BCUT2D eigenvalue weighted by Crippen LogP contribution is 2.23. The lowest BCUT2D eigenvalue weighted by molar-refractivity contribution is 1.23. The lowest BCUT2D eigenvalue weighted by Gasteiger charge is -1.98. The number of azo groups is 2. The van der Waals surface area contributed by atoms with Crippen molar-refractivity contribution in [1.82, 2.24) is 0 Å². The number of nitrogens with zero attached hydrogens (tertiary/aromatic N) is 4. The van der Waals surface area contributed by atoms with Gasteiger partial charge in [-0.3, -0.25) is 0 Å². The van der Waals surface area contributed by atoms with Crippen molar-refractivity contribution in [3.05, 3.63) is 121 Å². The smallest absolute Gasteiger partial charge is 0.0863 e. The molecule has 0 saturated heterocycles. The van der Waals surface area contributed by atoms with E-state index in [2.05, 4.69) is 32.6 Å². The van der Waals surface area contributed by atoms with Crippen LogP contribution >= 0.6 is 0 Å². The van der Waals surface area contributed by atoms with Crippen LogP contribution in [0, 0.1) is 0 Å². The van der Waals surface area contributed by atoms with Crippen molar-refractivity contribution in [1.29, 1.82) is 0 Å². The van der Waals surface area contributed by atoms with Gasteiger partial charge in [0.15, 0.2) is 0 Å². The standard InChI is InChI=1S/C16H13N3.C12H11N3.2C2H6/c17-14-6-9-15(10-7-14)18-19-16-8-5-12-3-1-2-4-13(12)11-16;13-10-6-8-12(9-7-10)15-14-11-4-2-1-3-5-11;2*1-2/h1-11H,17H2;1-9H,13H2;2*1-2H3. The van der Waals surface area contributed by atoms with Crippen molar-refractivity contribution in [2.75, 3.05) is 11.5 Å². The molecule has 0 amide bonds. The second-order valence-corrected chi connectivity index (χ2v) is 7.45. The molecule has 0 aromatic heterocycles. The van der Waals surface area contributed by atoms with Gasteiger partial charge >= 0.3 is 0 Å². The van der Waals surface area contributed by atoms with E-state index in [1.807, 2.05) is 125 Å². The van der Waals surface area contributed by atoms with Gasteiger partial charge in [0.05, 0.1) is 22.7 Å². The molecule has 5 aromatic rings. The second-order valence-electron chi connectivity index (χ2n) is 7.45. The fourth-order valence-electron chi connectivity index (χ4n) is 3.05. The maximum absolute atomic E-state index is 5.62. The first-order valence-electron chi connectivity index (χ1n) is 12.7. The Morgan fingerprint density at radius 1 is 0.368 bits per heavy atom. The Labute approximate surface area is 225 Å². The van der Waals surface area contributed by atoms with Crippen LogP contribution in [-0.4, -0.2) is 0 Å². The van der Waals surface area contributed by atoms with E-state index in [-0.39, 0.29) is 0 Å². The number of hydrogen-bond acceptors (Lipinski definition) is 6. The molecule has 0 aliphatic carbocycles. The zero-order valence-corrected chi connectivity index (χ0v) is 22.5. The van der Waals surface area contributed by atoms with Gasteiger partial charge in [0.25, 0.3) is 0 Å². The van der Waals surface area contributed by atoms with Gasteiger partial charge in [0.1, 0.15) is 0 Å². The average molecular weight is 505 g/mol. The minimum atomic E-state index is 0.727. The van der Waals surface area contributed by atoms with Crippen LogP contribution in [0.3, 0.4) is 0 Å². The lowest BCUT2D eigenvalue weighted by atomic mass is 10.1. The maximum Gasteiger partial charge on any atom is 0.0863 e.